The van der Waals surface area contributed by atoms with E-state index in [0.717, 1.165) is 54.4 Å². The summed E-state index contributed by atoms with van der Waals surface area (Å²) in [6.07, 6.45) is 6.12. The molecule has 2 atom stereocenters. The van der Waals surface area contributed by atoms with Gasteiger partial charge in [-0.3, -0.25) is 33.6 Å². The number of phenols is 1. The van der Waals surface area contributed by atoms with Crippen LogP contribution in [0.1, 0.15) is 149 Å². The average molecular weight is 1140 g/mol. The second-order valence-electron chi connectivity index (χ2n) is 21.3. The SMILES string of the molecule is C=O.CC.CCOCCC(C)(C)NC(=O)COCCNC(COC(=O)OC1(CC)C(=O)OCc2c1cc1n(c2=O)Cc2c-1nc1ccc(O)cc1c2CC)C(C)C.CCn1cc(CNC(=O)C2CCC(CN3C(=O)CCC3=O)CC2)nn1. The molecule has 1 aliphatic carbocycles. The molecule has 2 fully saturated rings. The van der Waals surface area contributed by atoms with Crippen molar-refractivity contribution in [3.63, 3.8) is 0 Å². The number of benzene rings is 1. The number of nitrogens with one attached hydrogen (secondary N) is 3. The fourth-order valence-corrected chi connectivity index (χ4v) is 10.5. The zero-order valence-corrected chi connectivity index (χ0v) is 49.5. The van der Waals surface area contributed by atoms with Gasteiger partial charge in [-0.1, -0.05) is 46.8 Å². The summed E-state index contributed by atoms with van der Waals surface area (Å²) in [6.45, 7) is 24.7. The van der Waals surface area contributed by atoms with E-state index in [1.165, 1.54) is 4.90 Å². The maximum absolute atomic E-state index is 14.0. The molecule has 4 aromatic rings. The molecule has 23 heteroatoms. The van der Waals surface area contributed by atoms with Crippen molar-refractivity contribution in [2.24, 2.45) is 17.8 Å². The van der Waals surface area contributed by atoms with Gasteiger partial charge in [0, 0.05) is 79.7 Å². The van der Waals surface area contributed by atoms with Gasteiger partial charge in [-0.15, -0.1) is 5.10 Å². The van der Waals surface area contributed by atoms with Crippen LogP contribution in [0.15, 0.2) is 35.3 Å². The Balaban J connectivity index is 0.000000353. The summed E-state index contributed by atoms with van der Waals surface area (Å²) in [4.78, 5) is 103. The van der Waals surface area contributed by atoms with Crippen LogP contribution in [0.4, 0.5) is 4.79 Å². The molecule has 3 aliphatic heterocycles. The van der Waals surface area contributed by atoms with Crippen molar-refractivity contribution in [3.05, 3.63) is 68.8 Å². The Bertz CT molecular complexity index is 2900. The monoisotopic (exact) mass is 1140 g/mol. The first-order chi connectivity index (χ1) is 39.3. The van der Waals surface area contributed by atoms with Gasteiger partial charge in [-0.2, -0.15) is 0 Å². The van der Waals surface area contributed by atoms with Gasteiger partial charge in [-0.25, -0.2) is 14.6 Å². The van der Waals surface area contributed by atoms with E-state index in [1.807, 2.05) is 75.3 Å². The fraction of sp³-hybridized carbons (Fsp3) is 0.610. The number of esters is 1. The van der Waals surface area contributed by atoms with Crippen molar-refractivity contribution in [1.29, 1.82) is 0 Å². The number of fused-ring (bicyclic) bond motifs is 5. The molecule has 4 N–H and O–H groups in total. The zero-order chi connectivity index (χ0) is 60.3. The Kier molecular flexibility index (Phi) is 24.7. The van der Waals surface area contributed by atoms with Crippen molar-refractivity contribution in [2.45, 2.75) is 170 Å². The lowest BCUT2D eigenvalue weighted by molar-refractivity contribution is -0.175. The zero-order valence-electron chi connectivity index (χ0n) is 49.5. The van der Waals surface area contributed by atoms with Crippen LogP contribution in [0, 0.1) is 17.8 Å². The van der Waals surface area contributed by atoms with E-state index in [-0.39, 0.29) is 103 Å². The number of carbonyl (C=O) groups is 7. The molecule has 6 heterocycles. The molecule has 3 aromatic heterocycles. The molecular weight excluding hydrogens is 1060 g/mol. The maximum atomic E-state index is 14.0. The van der Waals surface area contributed by atoms with Crippen LogP contribution in [-0.4, -0.2) is 135 Å². The Morgan fingerprint density at radius 1 is 0.951 bits per heavy atom. The molecule has 1 aromatic carbocycles. The van der Waals surface area contributed by atoms with Gasteiger partial charge in [0.25, 0.3) is 5.56 Å². The van der Waals surface area contributed by atoms with Gasteiger partial charge >= 0.3 is 12.1 Å². The summed E-state index contributed by atoms with van der Waals surface area (Å²) in [6, 6.07) is 6.39. The number of pyridine rings is 2. The molecule has 0 radical (unpaired) electrons. The molecule has 8 rings (SSSR count). The molecule has 1 saturated carbocycles. The van der Waals surface area contributed by atoms with Crippen LogP contribution in [0.3, 0.4) is 0 Å². The van der Waals surface area contributed by atoms with Crippen LogP contribution in [0.2, 0.25) is 0 Å². The number of ether oxygens (including phenoxy) is 5. The molecule has 82 heavy (non-hydrogen) atoms. The number of rotatable bonds is 23. The van der Waals surface area contributed by atoms with Gasteiger partial charge in [0.05, 0.1) is 48.4 Å². The first-order valence-electron chi connectivity index (χ1n) is 28.7. The molecule has 4 aliphatic rings. The van der Waals surface area contributed by atoms with E-state index in [2.05, 4.69) is 26.3 Å². The number of aromatic nitrogens is 5. The second kappa shape index (κ2) is 30.8. The van der Waals surface area contributed by atoms with Crippen molar-refractivity contribution < 1.29 is 62.4 Å². The van der Waals surface area contributed by atoms with E-state index in [1.54, 1.807) is 40.4 Å². The van der Waals surface area contributed by atoms with E-state index >= 15 is 0 Å². The van der Waals surface area contributed by atoms with Crippen LogP contribution >= 0.6 is 0 Å². The van der Waals surface area contributed by atoms with Crippen molar-refractivity contribution in [1.82, 2.24) is 45.4 Å². The predicted molar refractivity (Wildman–Crippen MR) is 304 cm³/mol. The van der Waals surface area contributed by atoms with Gasteiger partial charge in [0.15, 0.2) is 0 Å². The molecule has 0 bridgehead atoms. The molecular formula is C59H85N9O14. The number of imide groups is 1. The summed E-state index contributed by atoms with van der Waals surface area (Å²) < 4.78 is 31.1. The number of carbonyl (C=O) groups excluding carboxylic acids is 7. The Labute approximate surface area is 479 Å². The normalized spacial score (nSPS) is 18.3. The highest BCUT2D eigenvalue weighted by Crippen LogP contribution is 2.43. The summed E-state index contributed by atoms with van der Waals surface area (Å²) >= 11 is 0. The first-order valence-corrected chi connectivity index (χ1v) is 28.7. The third-order valence-corrected chi connectivity index (χ3v) is 15.2. The number of aryl methyl sites for hydroxylation is 2. The van der Waals surface area contributed by atoms with E-state index in [4.69, 9.17) is 33.5 Å². The standard InChI is InChI=1S/C39H52N4O10.C17H25N5O3.C2H6.CH2O/c1-8-25-26-17-24(44)11-12-30(26)41-34-27(25)19-43-32(34)18-29-28(35(43)46)20-51-36(47)39(29,9-2)53-37(48)52-21-31(23(4)5)40-14-16-50-22-33(45)42-38(6,7)13-15-49-10-3;1-2-21-11-14(19-20-21)9-18-17(25)13-5-3-12(4-6-13)10-22-15(23)7-8-16(22)24;2*1-2/h11-12,17-18,23,31,40,44H,8-10,13-16,19-22H2,1-7H3,(H,42,45);11-13H,2-10H2,1H3,(H,18,25);1-2H3;1H2. The summed E-state index contributed by atoms with van der Waals surface area (Å²) in [5.74, 6) is -0.574. The predicted octanol–water partition coefficient (Wildman–Crippen LogP) is 6.17. The smallest absolute Gasteiger partial charge is 0.508 e. The van der Waals surface area contributed by atoms with Crippen LogP contribution < -0.4 is 21.5 Å². The average Bonchev–Trinajstić information content (AvgIpc) is 3.86. The number of likely N-dealkylation sites (tertiary alicyclic amines) is 1. The van der Waals surface area contributed by atoms with Crippen molar-refractivity contribution in [2.75, 3.05) is 46.1 Å². The quantitative estimate of drug-likeness (QED) is 0.0323. The lowest BCUT2D eigenvalue weighted by Crippen LogP contribution is -2.48. The molecule has 23 nitrogen and oxygen atoms in total. The first kappa shape index (κ1) is 65.7. The van der Waals surface area contributed by atoms with E-state index < -0.39 is 23.3 Å². The van der Waals surface area contributed by atoms with E-state index in [0.29, 0.717) is 81.4 Å². The number of phenolic OH excluding ortho intramolecular Hbond substituents is 1. The fourth-order valence-electron chi connectivity index (χ4n) is 10.5. The minimum Gasteiger partial charge on any atom is -0.508 e. The molecule has 0 spiro atoms. The third kappa shape index (κ3) is 16.3. The molecule has 450 valence electrons. The largest absolute Gasteiger partial charge is 0.509 e. The summed E-state index contributed by atoms with van der Waals surface area (Å²) in [7, 11) is 0. The lowest BCUT2D eigenvalue weighted by Gasteiger charge is -2.35. The number of aromatic hydroxyl groups is 1. The lowest BCUT2D eigenvalue weighted by atomic mass is 9.81. The minimum absolute atomic E-state index is 0.00227. The number of hydrogen-bond donors (Lipinski definition) is 4. The summed E-state index contributed by atoms with van der Waals surface area (Å²) in [5, 5.41) is 28.1. The molecule has 1 saturated heterocycles. The van der Waals surface area contributed by atoms with Crippen LogP contribution in [0.5, 0.6) is 5.75 Å². The van der Waals surface area contributed by atoms with Gasteiger partial charge in [0.2, 0.25) is 29.2 Å². The molecule has 4 amide bonds. The minimum atomic E-state index is -1.91. The molecule has 2 unspecified atom stereocenters. The maximum Gasteiger partial charge on any atom is 0.509 e. The number of nitrogens with zero attached hydrogens (tertiary/aromatic N) is 6. The Morgan fingerprint density at radius 2 is 1.66 bits per heavy atom. The van der Waals surface area contributed by atoms with Crippen LogP contribution in [0.25, 0.3) is 22.3 Å². The summed E-state index contributed by atoms with van der Waals surface area (Å²) in [5.41, 5.74) is 2.13. The van der Waals surface area contributed by atoms with Gasteiger partial charge in [0.1, 0.15) is 38.1 Å². The van der Waals surface area contributed by atoms with Crippen molar-refractivity contribution >= 4 is 53.4 Å². The topological polar surface area (TPSA) is 291 Å². The number of hydrogen-bond acceptors (Lipinski definition) is 18. The van der Waals surface area contributed by atoms with Gasteiger partial charge < -0.3 is 54.1 Å². The second-order valence-corrected chi connectivity index (χ2v) is 21.3. The van der Waals surface area contributed by atoms with Gasteiger partial charge in [-0.05, 0) is 114 Å². The number of amides is 4. The highest BCUT2D eigenvalue weighted by molar-refractivity contribution is 6.02. The third-order valence-electron chi connectivity index (χ3n) is 15.2. The van der Waals surface area contributed by atoms with E-state index in [9.17, 15) is 38.7 Å². The van der Waals surface area contributed by atoms with Crippen LogP contribution in [-0.2, 0) is 90.7 Å². The highest BCUT2D eigenvalue weighted by Gasteiger charge is 2.51. The number of cyclic esters (lactones) is 1. The Hall–Kier alpha value is -7.11. The highest BCUT2D eigenvalue weighted by atomic mass is 16.7. The Morgan fingerprint density at radius 3 is 2.29 bits per heavy atom. The van der Waals surface area contributed by atoms with Crippen molar-refractivity contribution in [3.8, 4) is 17.1 Å².